The maximum atomic E-state index is 12.0. The second kappa shape index (κ2) is 5.25. The van der Waals surface area contributed by atoms with Gasteiger partial charge in [-0.15, -0.1) is 11.6 Å². The molecule has 1 aliphatic rings. The van der Waals surface area contributed by atoms with Gasteiger partial charge in [-0.05, 0) is 30.5 Å². The van der Waals surface area contributed by atoms with Crippen molar-refractivity contribution in [1.29, 1.82) is 0 Å². The fraction of sp³-hybridized carbons (Fsp3) is 0.455. The van der Waals surface area contributed by atoms with Gasteiger partial charge in [0.1, 0.15) is 0 Å². The van der Waals surface area contributed by atoms with Crippen LogP contribution in [0.4, 0.5) is 5.69 Å². The summed E-state index contributed by atoms with van der Waals surface area (Å²) in [7, 11) is -3.40. The lowest BCUT2D eigenvalue weighted by atomic mass is 10.2. The van der Waals surface area contributed by atoms with E-state index in [4.69, 9.17) is 11.6 Å². The Morgan fingerprint density at radius 2 is 2.00 bits per heavy atom. The molecule has 0 aliphatic carbocycles. The standard InChI is InChI=1S/C11H15ClN2O2S/c12-9-10-4-3-5-11(8-10)13-17(15,16)14-6-1-2-7-14/h3-5,8,13H,1-2,6-7,9H2. The molecule has 0 radical (unpaired) electrons. The summed E-state index contributed by atoms with van der Waals surface area (Å²) in [6.07, 6.45) is 1.87. The van der Waals surface area contributed by atoms with E-state index in [-0.39, 0.29) is 0 Å². The van der Waals surface area contributed by atoms with E-state index in [1.807, 2.05) is 6.07 Å². The van der Waals surface area contributed by atoms with E-state index in [1.165, 1.54) is 4.31 Å². The topological polar surface area (TPSA) is 49.4 Å². The minimum Gasteiger partial charge on any atom is -0.271 e. The molecule has 0 unspecified atom stereocenters. The lowest BCUT2D eigenvalue weighted by Crippen LogP contribution is -2.33. The molecule has 94 valence electrons. The predicted octanol–water partition coefficient (Wildman–Crippen LogP) is 2.18. The van der Waals surface area contributed by atoms with Crippen LogP contribution >= 0.6 is 11.6 Å². The summed E-state index contributed by atoms with van der Waals surface area (Å²) in [5, 5.41) is 0. The quantitative estimate of drug-likeness (QED) is 0.856. The number of benzene rings is 1. The molecule has 6 heteroatoms. The second-order valence-electron chi connectivity index (χ2n) is 4.05. The monoisotopic (exact) mass is 274 g/mol. The van der Waals surface area contributed by atoms with E-state index >= 15 is 0 Å². The van der Waals surface area contributed by atoms with Gasteiger partial charge in [-0.2, -0.15) is 12.7 Å². The first kappa shape index (κ1) is 12.7. The van der Waals surface area contributed by atoms with Crippen LogP contribution in [0.15, 0.2) is 24.3 Å². The Morgan fingerprint density at radius 3 is 2.65 bits per heavy atom. The Morgan fingerprint density at radius 1 is 1.29 bits per heavy atom. The molecule has 1 fully saturated rings. The van der Waals surface area contributed by atoms with Crippen molar-refractivity contribution < 1.29 is 8.42 Å². The van der Waals surface area contributed by atoms with Gasteiger partial charge in [-0.1, -0.05) is 12.1 Å². The van der Waals surface area contributed by atoms with Gasteiger partial charge in [0.15, 0.2) is 0 Å². The van der Waals surface area contributed by atoms with E-state index in [9.17, 15) is 8.42 Å². The van der Waals surface area contributed by atoms with Crippen molar-refractivity contribution in [2.75, 3.05) is 17.8 Å². The van der Waals surface area contributed by atoms with Crippen LogP contribution in [0.25, 0.3) is 0 Å². The normalized spacial score (nSPS) is 17.2. The molecule has 1 aliphatic heterocycles. The zero-order valence-corrected chi connectivity index (χ0v) is 11.0. The Kier molecular flexibility index (Phi) is 3.91. The Bertz CT molecular complexity index is 484. The number of anilines is 1. The minimum atomic E-state index is -3.40. The van der Waals surface area contributed by atoms with Gasteiger partial charge in [0.2, 0.25) is 0 Å². The van der Waals surface area contributed by atoms with Crippen molar-refractivity contribution in [3.63, 3.8) is 0 Å². The summed E-state index contributed by atoms with van der Waals surface area (Å²) in [6.45, 7) is 1.20. The Balaban J connectivity index is 2.13. The molecule has 4 nitrogen and oxygen atoms in total. The number of nitrogens with one attached hydrogen (secondary N) is 1. The summed E-state index contributed by atoms with van der Waals surface area (Å²) < 4.78 is 28.0. The molecule has 0 amide bonds. The van der Waals surface area contributed by atoms with Crippen molar-refractivity contribution in [2.24, 2.45) is 0 Å². The molecule has 1 heterocycles. The third-order valence-electron chi connectivity index (χ3n) is 2.73. The maximum Gasteiger partial charge on any atom is 0.301 e. The largest absolute Gasteiger partial charge is 0.301 e. The number of rotatable bonds is 4. The molecule has 0 spiro atoms. The summed E-state index contributed by atoms with van der Waals surface area (Å²) in [4.78, 5) is 0. The van der Waals surface area contributed by atoms with Gasteiger partial charge < -0.3 is 0 Å². The average Bonchev–Trinajstić information content (AvgIpc) is 2.83. The summed E-state index contributed by atoms with van der Waals surface area (Å²) in [5.74, 6) is 0.374. The predicted molar refractivity (Wildman–Crippen MR) is 69.3 cm³/mol. The van der Waals surface area contributed by atoms with Crippen LogP contribution < -0.4 is 4.72 Å². The summed E-state index contributed by atoms with van der Waals surface area (Å²) in [5.41, 5.74) is 1.46. The van der Waals surface area contributed by atoms with Crippen LogP contribution in [0.3, 0.4) is 0 Å². The van der Waals surface area contributed by atoms with E-state index in [0.717, 1.165) is 18.4 Å². The highest BCUT2D eigenvalue weighted by atomic mass is 35.5. The van der Waals surface area contributed by atoms with Crippen LogP contribution in [0.2, 0.25) is 0 Å². The maximum absolute atomic E-state index is 12.0. The molecule has 2 rings (SSSR count). The van der Waals surface area contributed by atoms with Gasteiger partial charge >= 0.3 is 10.2 Å². The Hall–Kier alpha value is -0.780. The van der Waals surface area contributed by atoms with Crippen LogP contribution in [0, 0.1) is 0 Å². The van der Waals surface area contributed by atoms with E-state index < -0.39 is 10.2 Å². The number of nitrogens with zero attached hydrogens (tertiary/aromatic N) is 1. The molecule has 17 heavy (non-hydrogen) atoms. The van der Waals surface area contributed by atoms with Gasteiger partial charge in [-0.25, -0.2) is 0 Å². The zero-order chi connectivity index (χ0) is 12.3. The molecule has 1 aromatic carbocycles. The molecule has 1 saturated heterocycles. The first-order chi connectivity index (χ1) is 8.12. The third-order valence-corrected chi connectivity index (χ3v) is 4.58. The van der Waals surface area contributed by atoms with Crippen molar-refractivity contribution in [3.05, 3.63) is 29.8 Å². The van der Waals surface area contributed by atoms with Crippen LogP contribution in [-0.2, 0) is 16.1 Å². The van der Waals surface area contributed by atoms with E-state index in [2.05, 4.69) is 4.72 Å². The van der Waals surface area contributed by atoms with Crippen LogP contribution in [0.5, 0.6) is 0 Å². The molecule has 0 aromatic heterocycles. The van der Waals surface area contributed by atoms with Gasteiger partial charge in [-0.3, -0.25) is 4.72 Å². The zero-order valence-electron chi connectivity index (χ0n) is 9.39. The van der Waals surface area contributed by atoms with Crippen LogP contribution in [-0.4, -0.2) is 25.8 Å². The average molecular weight is 275 g/mol. The minimum absolute atomic E-state index is 0.374. The molecular formula is C11H15ClN2O2S. The van der Waals surface area contributed by atoms with Crippen molar-refractivity contribution in [1.82, 2.24) is 4.31 Å². The highest BCUT2D eigenvalue weighted by Gasteiger charge is 2.24. The molecular weight excluding hydrogens is 260 g/mol. The SMILES string of the molecule is O=S(=O)(Nc1cccc(CCl)c1)N1CCCC1. The molecule has 0 bridgehead atoms. The molecule has 0 atom stereocenters. The first-order valence-electron chi connectivity index (χ1n) is 5.54. The highest BCUT2D eigenvalue weighted by molar-refractivity contribution is 7.90. The van der Waals surface area contributed by atoms with Crippen LogP contribution in [0.1, 0.15) is 18.4 Å². The lowest BCUT2D eigenvalue weighted by molar-refractivity contribution is 0.482. The first-order valence-corrected chi connectivity index (χ1v) is 7.52. The third kappa shape index (κ3) is 3.12. The fourth-order valence-corrected chi connectivity index (χ4v) is 3.32. The molecule has 1 aromatic rings. The Labute approximate surface area is 107 Å². The van der Waals surface area contributed by atoms with E-state index in [1.54, 1.807) is 18.2 Å². The van der Waals surface area contributed by atoms with Gasteiger partial charge in [0.05, 0.1) is 5.69 Å². The van der Waals surface area contributed by atoms with Crippen molar-refractivity contribution >= 4 is 27.5 Å². The number of hydrogen-bond donors (Lipinski definition) is 1. The van der Waals surface area contributed by atoms with Gasteiger partial charge in [0.25, 0.3) is 0 Å². The molecule has 0 saturated carbocycles. The van der Waals surface area contributed by atoms with Crippen molar-refractivity contribution in [2.45, 2.75) is 18.7 Å². The second-order valence-corrected chi connectivity index (χ2v) is 5.99. The summed E-state index contributed by atoms with van der Waals surface area (Å²) in [6, 6.07) is 7.13. The lowest BCUT2D eigenvalue weighted by Gasteiger charge is -2.17. The number of hydrogen-bond acceptors (Lipinski definition) is 2. The fourth-order valence-electron chi connectivity index (χ4n) is 1.86. The number of halogens is 1. The van der Waals surface area contributed by atoms with Crippen molar-refractivity contribution in [3.8, 4) is 0 Å². The number of alkyl halides is 1. The molecule has 1 N–H and O–H groups in total. The smallest absolute Gasteiger partial charge is 0.271 e. The van der Waals surface area contributed by atoms with E-state index in [0.29, 0.717) is 24.7 Å². The highest BCUT2D eigenvalue weighted by Crippen LogP contribution is 2.18. The van der Waals surface area contributed by atoms with Gasteiger partial charge in [0, 0.05) is 19.0 Å². The summed E-state index contributed by atoms with van der Waals surface area (Å²) >= 11 is 5.71.